The van der Waals surface area contributed by atoms with Crippen LogP contribution in [0.2, 0.25) is 0 Å². The van der Waals surface area contributed by atoms with E-state index in [0.717, 1.165) is 17.7 Å². The third kappa shape index (κ3) is 4.28. The molecule has 2 aromatic rings. The van der Waals surface area contributed by atoms with E-state index < -0.39 is 0 Å². The van der Waals surface area contributed by atoms with Crippen LogP contribution in [0.25, 0.3) is 0 Å². The van der Waals surface area contributed by atoms with E-state index in [-0.39, 0.29) is 23.6 Å². The van der Waals surface area contributed by atoms with E-state index in [1.54, 1.807) is 12.0 Å². The first kappa shape index (κ1) is 17.7. The van der Waals surface area contributed by atoms with Crippen LogP contribution in [0, 0.1) is 11.3 Å². The molecule has 1 fully saturated rings. The number of carbonyl (C=O) groups excluding carboxylic acids is 1. The van der Waals surface area contributed by atoms with Gasteiger partial charge in [0.2, 0.25) is 11.6 Å². The number of nitrogens with zero attached hydrogens (tertiary/aromatic N) is 4. The number of benzene rings is 1. The molecular weight excluding hydrogens is 332 g/mol. The number of rotatable bonds is 6. The van der Waals surface area contributed by atoms with Gasteiger partial charge in [-0.1, -0.05) is 12.1 Å². The zero-order valence-electron chi connectivity index (χ0n) is 14.6. The lowest BCUT2D eigenvalue weighted by Crippen LogP contribution is -2.31. The molecule has 1 aliphatic rings. The first-order valence-corrected chi connectivity index (χ1v) is 8.48. The van der Waals surface area contributed by atoms with Crippen LogP contribution < -0.4 is 9.47 Å². The summed E-state index contributed by atoms with van der Waals surface area (Å²) in [4.78, 5) is 22.2. The third-order valence-electron chi connectivity index (χ3n) is 4.33. The summed E-state index contributed by atoms with van der Waals surface area (Å²) >= 11 is 0. The first-order valence-electron chi connectivity index (χ1n) is 8.48. The Morgan fingerprint density at radius 3 is 2.81 bits per heavy atom. The maximum atomic E-state index is 12.4. The van der Waals surface area contributed by atoms with Gasteiger partial charge in [0.05, 0.1) is 13.7 Å². The highest BCUT2D eigenvalue weighted by atomic mass is 16.5. The number of hydrogen-bond acceptors (Lipinski definition) is 6. The lowest BCUT2D eigenvalue weighted by molar-refractivity contribution is -0.130. The molecule has 0 bridgehead atoms. The molecule has 134 valence electrons. The Labute approximate surface area is 152 Å². The normalized spacial score (nSPS) is 16.2. The van der Waals surface area contributed by atoms with Crippen molar-refractivity contribution >= 4 is 5.91 Å². The molecule has 2 heterocycles. The third-order valence-corrected chi connectivity index (χ3v) is 4.33. The highest BCUT2D eigenvalue weighted by Crippen LogP contribution is 2.19. The van der Waals surface area contributed by atoms with Crippen LogP contribution in [0.4, 0.5) is 0 Å². The van der Waals surface area contributed by atoms with Gasteiger partial charge in [-0.2, -0.15) is 5.26 Å². The summed E-state index contributed by atoms with van der Waals surface area (Å²) in [6.07, 6.45) is 4.64. The van der Waals surface area contributed by atoms with Crippen molar-refractivity contribution in [2.75, 3.05) is 20.2 Å². The monoisotopic (exact) mass is 352 g/mol. The maximum absolute atomic E-state index is 12.4. The minimum Gasteiger partial charge on any atom is -0.497 e. The van der Waals surface area contributed by atoms with Gasteiger partial charge in [-0.25, -0.2) is 9.97 Å². The van der Waals surface area contributed by atoms with Gasteiger partial charge in [0.25, 0.3) is 5.88 Å². The standard InChI is InChI=1S/C19H20N4O3/c1-25-15-5-2-14(3-6-15)4-7-18(24)23-11-8-16(13-23)26-19-17(12-20)21-9-10-22-19/h2-3,5-6,9-10,16H,4,7-8,11,13H2,1H3. The molecule has 1 aromatic carbocycles. The summed E-state index contributed by atoms with van der Waals surface area (Å²) in [5.41, 5.74) is 1.26. The number of ether oxygens (including phenoxy) is 2. The Bertz CT molecular complexity index is 801. The molecule has 7 heteroatoms. The van der Waals surface area contributed by atoms with E-state index in [9.17, 15) is 4.79 Å². The first-order chi connectivity index (χ1) is 12.7. The van der Waals surface area contributed by atoms with Crippen LogP contribution in [0.3, 0.4) is 0 Å². The van der Waals surface area contributed by atoms with Crippen molar-refractivity contribution in [1.82, 2.24) is 14.9 Å². The number of nitriles is 1. The largest absolute Gasteiger partial charge is 0.497 e. The lowest BCUT2D eigenvalue weighted by Gasteiger charge is -2.17. The molecule has 3 rings (SSSR count). The zero-order valence-corrected chi connectivity index (χ0v) is 14.6. The molecule has 26 heavy (non-hydrogen) atoms. The molecular formula is C19H20N4O3. The van der Waals surface area contributed by atoms with Gasteiger partial charge in [0, 0.05) is 31.8 Å². The second-order valence-electron chi connectivity index (χ2n) is 6.04. The average molecular weight is 352 g/mol. The fourth-order valence-electron chi connectivity index (χ4n) is 2.90. The molecule has 1 amide bonds. The van der Waals surface area contributed by atoms with Crippen molar-refractivity contribution in [1.29, 1.82) is 5.26 Å². The van der Waals surface area contributed by atoms with Crippen molar-refractivity contribution in [2.45, 2.75) is 25.4 Å². The van der Waals surface area contributed by atoms with Crippen LogP contribution in [-0.2, 0) is 11.2 Å². The summed E-state index contributed by atoms with van der Waals surface area (Å²) in [7, 11) is 1.63. The Morgan fingerprint density at radius 2 is 2.08 bits per heavy atom. The van der Waals surface area contributed by atoms with Crippen molar-refractivity contribution in [3.8, 4) is 17.7 Å². The van der Waals surface area contributed by atoms with Crippen LogP contribution in [-0.4, -0.2) is 47.1 Å². The van der Waals surface area contributed by atoms with Gasteiger partial charge >= 0.3 is 0 Å². The molecule has 0 saturated carbocycles. The quantitative estimate of drug-likeness (QED) is 0.790. The Balaban J connectivity index is 1.50. The summed E-state index contributed by atoms with van der Waals surface area (Å²) in [5.74, 6) is 1.14. The van der Waals surface area contributed by atoms with Gasteiger partial charge in [-0.15, -0.1) is 0 Å². The summed E-state index contributed by atoms with van der Waals surface area (Å²) in [5, 5.41) is 9.04. The molecule has 0 aliphatic carbocycles. The van der Waals surface area contributed by atoms with Crippen molar-refractivity contribution < 1.29 is 14.3 Å². The average Bonchev–Trinajstić information content (AvgIpc) is 3.15. The predicted molar refractivity (Wildman–Crippen MR) is 93.7 cm³/mol. The maximum Gasteiger partial charge on any atom is 0.251 e. The second-order valence-corrected chi connectivity index (χ2v) is 6.04. The lowest BCUT2D eigenvalue weighted by atomic mass is 10.1. The molecule has 1 aliphatic heterocycles. The molecule has 1 aromatic heterocycles. The molecule has 0 N–H and O–H groups in total. The second kappa shape index (κ2) is 8.30. The minimum atomic E-state index is -0.163. The van der Waals surface area contributed by atoms with E-state index in [4.69, 9.17) is 14.7 Å². The summed E-state index contributed by atoms with van der Waals surface area (Å²) < 4.78 is 10.9. The van der Waals surface area contributed by atoms with E-state index >= 15 is 0 Å². The Morgan fingerprint density at radius 1 is 1.31 bits per heavy atom. The van der Waals surface area contributed by atoms with Crippen molar-refractivity contribution in [3.05, 3.63) is 47.9 Å². The number of likely N-dealkylation sites (tertiary alicyclic amines) is 1. The van der Waals surface area contributed by atoms with Gasteiger partial charge in [-0.05, 0) is 24.1 Å². The van der Waals surface area contributed by atoms with E-state index in [0.29, 0.717) is 25.9 Å². The van der Waals surface area contributed by atoms with Gasteiger partial charge in [-0.3, -0.25) is 4.79 Å². The van der Waals surface area contributed by atoms with Gasteiger partial charge in [0.15, 0.2) is 0 Å². The van der Waals surface area contributed by atoms with E-state index in [1.165, 1.54) is 12.4 Å². The number of aromatic nitrogens is 2. The van der Waals surface area contributed by atoms with Gasteiger partial charge in [0.1, 0.15) is 17.9 Å². The van der Waals surface area contributed by atoms with Gasteiger partial charge < -0.3 is 14.4 Å². The van der Waals surface area contributed by atoms with Crippen LogP contribution in [0.15, 0.2) is 36.7 Å². The topological polar surface area (TPSA) is 88.3 Å². The molecule has 1 atom stereocenters. The summed E-state index contributed by atoms with van der Waals surface area (Å²) in [6, 6.07) is 9.70. The highest BCUT2D eigenvalue weighted by molar-refractivity contribution is 5.76. The summed E-state index contributed by atoms with van der Waals surface area (Å²) in [6.45, 7) is 1.15. The Hall–Kier alpha value is -3.14. The van der Waals surface area contributed by atoms with E-state index in [2.05, 4.69) is 9.97 Å². The minimum absolute atomic E-state index is 0.103. The van der Waals surface area contributed by atoms with Crippen LogP contribution >= 0.6 is 0 Å². The van der Waals surface area contributed by atoms with Crippen LogP contribution in [0.5, 0.6) is 11.6 Å². The number of carbonyl (C=O) groups is 1. The number of aryl methyl sites for hydroxylation is 1. The predicted octanol–water partition coefficient (Wildman–Crippen LogP) is 1.97. The fourth-order valence-corrected chi connectivity index (χ4v) is 2.90. The highest BCUT2D eigenvalue weighted by Gasteiger charge is 2.28. The number of hydrogen-bond donors (Lipinski definition) is 0. The number of amides is 1. The van der Waals surface area contributed by atoms with Crippen molar-refractivity contribution in [2.24, 2.45) is 0 Å². The smallest absolute Gasteiger partial charge is 0.251 e. The Kier molecular flexibility index (Phi) is 5.64. The SMILES string of the molecule is COc1ccc(CCC(=O)N2CCC(Oc3nccnc3C#N)C2)cc1. The molecule has 0 spiro atoms. The molecule has 0 radical (unpaired) electrons. The van der Waals surface area contributed by atoms with E-state index in [1.807, 2.05) is 30.3 Å². The molecule has 1 unspecified atom stereocenters. The molecule has 1 saturated heterocycles. The molecule has 7 nitrogen and oxygen atoms in total. The number of methoxy groups -OCH3 is 1. The van der Waals surface area contributed by atoms with Crippen LogP contribution in [0.1, 0.15) is 24.1 Å². The van der Waals surface area contributed by atoms with Crippen molar-refractivity contribution in [3.63, 3.8) is 0 Å². The zero-order chi connectivity index (χ0) is 18.4. The fraction of sp³-hybridized carbons (Fsp3) is 0.368.